The highest BCUT2D eigenvalue weighted by molar-refractivity contribution is 7.91. The lowest BCUT2D eigenvalue weighted by Crippen LogP contribution is -2.38. The number of H-pyrrole nitrogens is 1. The second kappa shape index (κ2) is 11.8. The predicted molar refractivity (Wildman–Crippen MR) is 174 cm³/mol. The highest BCUT2D eigenvalue weighted by Gasteiger charge is 2.45. The topological polar surface area (TPSA) is 114 Å². The molecule has 3 aromatic rings. The molecule has 1 spiro atoms. The summed E-state index contributed by atoms with van der Waals surface area (Å²) in [6, 6.07) is 6.92. The standard InChI is InChI=1S/C34H46N4O6S/c1-6-45(41,42)25-7-8-29(27(19-25)28-20-36(5)31(39)30-26(28)9-13-35-30)43-24-17-23(18-24)10-14-37-15-11-34(21-37)12-16-38(22-34)32(40)44-33(2,3)4/h7-9,13,19-20,23-24,35H,6,10-12,14-18,21-22H2,1-5H3. The first-order chi connectivity index (χ1) is 21.3. The average molecular weight is 639 g/mol. The Balaban J connectivity index is 1.08. The van der Waals surface area contributed by atoms with Crippen molar-refractivity contribution in [3.05, 3.63) is 47.0 Å². The molecule has 1 N–H and O–H groups in total. The van der Waals surface area contributed by atoms with Crippen molar-refractivity contribution in [2.75, 3.05) is 38.5 Å². The Labute approximate surface area is 265 Å². The smallest absolute Gasteiger partial charge is 0.410 e. The number of carbonyl (C=O) groups excluding carboxylic acids is 1. The van der Waals surface area contributed by atoms with Crippen LogP contribution in [0, 0.1) is 11.3 Å². The Morgan fingerprint density at radius 1 is 1.09 bits per heavy atom. The highest BCUT2D eigenvalue weighted by Crippen LogP contribution is 2.42. The summed E-state index contributed by atoms with van der Waals surface area (Å²) in [5.41, 5.74) is 1.47. The van der Waals surface area contributed by atoms with Gasteiger partial charge >= 0.3 is 6.09 Å². The van der Waals surface area contributed by atoms with Crippen LogP contribution in [0.3, 0.4) is 0 Å². The first-order valence-corrected chi connectivity index (χ1v) is 17.8. The summed E-state index contributed by atoms with van der Waals surface area (Å²) in [5.74, 6) is 1.21. The SMILES string of the molecule is CCS(=O)(=O)c1ccc(OC2CC(CCN3CCC4(CCN(C(=O)OC(C)(C)C)C4)C3)C2)c(-c2cn(C)c(=O)c3[nH]ccc23)c1. The van der Waals surface area contributed by atoms with Crippen LogP contribution in [0.4, 0.5) is 4.79 Å². The summed E-state index contributed by atoms with van der Waals surface area (Å²) in [5, 5.41) is 0.736. The fourth-order valence-corrected chi connectivity index (χ4v) is 8.09. The largest absolute Gasteiger partial charge is 0.490 e. The zero-order valence-corrected chi connectivity index (χ0v) is 27.9. The van der Waals surface area contributed by atoms with Gasteiger partial charge in [-0.15, -0.1) is 0 Å². The van der Waals surface area contributed by atoms with Crippen molar-refractivity contribution in [3.8, 4) is 16.9 Å². The third-order valence-electron chi connectivity index (χ3n) is 9.82. The number of pyridine rings is 1. The van der Waals surface area contributed by atoms with E-state index in [1.807, 2.05) is 31.7 Å². The number of likely N-dealkylation sites (tertiary alicyclic amines) is 2. The third-order valence-corrected chi connectivity index (χ3v) is 11.6. The lowest BCUT2D eigenvalue weighted by atomic mass is 9.80. The van der Waals surface area contributed by atoms with Crippen molar-refractivity contribution in [2.24, 2.45) is 18.4 Å². The second-order valence-electron chi connectivity index (χ2n) is 14.3. The molecule has 2 aromatic heterocycles. The molecule has 1 aromatic carbocycles. The van der Waals surface area contributed by atoms with E-state index in [0.717, 1.165) is 75.8 Å². The molecule has 2 saturated heterocycles. The summed E-state index contributed by atoms with van der Waals surface area (Å²) in [6.45, 7) is 12.1. The first kappa shape index (κ1) is 31.7. The van der Waals surface area contributed by atoms with Gasteiger partial charge in [-0.05, 0) is 96.1 Å². The van der Waals surface area contributed by atoms with E-state index in [0.29, 0.717) is 22.7 Å². The van der Waals surface area contributed by atoms with Gasteiger partial charge in [0.2, 0.25) is 0 Å². The van der Waals surface area contributed by atoms with Crippen molar-refractivity contribution in [1.82, 2.24) is 19.4 Å². The molecule has 2 aliphatic heterocycles. The third kappa shape index (κ3) is 6.52. The number of aromatic nitrogens is 2. The van der Waals surface area contributed by atoms with Gasteiger partial charge < -0.3 is 28.8 Å². The number of aromatic amines is 1. The number of nitrogens with one attached hydrogen (secondary N) is 1. The summed E-state index contributed by atoms with van der Waals surface area (Å²) in [6.07, 6.45) is 8.51. The Morgan fingerprint density at radius 3 is 2.58 bits per heavy atom. The number of carbonyl (C=O) groups is 1. The Kier molecular flexibility index (Phi) is 8.31. The monoisotopic (exact) mass is 638 g/mol. The van der Waals surface area contributed by atoms with Gasteiger partial charge in [-0.25, -0.2) is 13.2 Å². The van der Waals surface area contributed by atoms with Crippen LogP contribution in [0.15, 0.2) is 46.3 Å². The van der Waals surface area contributed by atoms with Crippen molar-refractivity contribution >= 4 is 26.8 Å². The van der Waals surface area contributed by atoms with E-state index in [1.54, 1.807) is 44.6 Å². The number of hydrogen-bond donors (Lipinski definition) is 1. The molecule has 0 bridgehead atoms. The average Bonchev–Trinajstić information content (AvgIpc) is 3.72. The Hall–Kier alpha value is -3.31. The molecule has 1 aliphatic carbocycles. The molecule has 10 nitrogen and oxygen atoms in total. The fraction of sp³-hybridized carbons (Fsp3) is 0.588. The van der Waals surface area contributed by atoms with Crippen LogP contribution in [0.1, 0.15) is 59.8 Å². The molecule has 1 atom stereocenters. The lowest BCUT2D eigenvalue weighted by molar-refractivity contribution is 0.0273. The van der Waals surface area contributed by atoms with Crippen LogP contribution in [0.25, 0.3) is 22.0 Å². The molecule has 6 rings (SSSR count). The molecule has 1 unspecified atom stereocenters. The summed E-state index contributed by atoms with van der Waals surface area (Å²) in [7, 11) is -1.74. The van der Waals surface area contributed by atoms with E-state index in [9.17, 15) is 18.0 Å². The number of amides is 1. The fourth-order valence-electron chi connectivity index (χ4n) is 7.19. The molecule has 45 heavy (non-hydrogen) atoms. The van der Waals surface area contributed by atoms with E-state index in [2.05, 4.69) is 9.88 Å². The minimum atomic E-state index is -3.43. The Morgan fingerprint density at radius 2 is 1.84 bits per heavy atom. The summed E-state index contributed by atoms with van der Waals surface area (Å²) < 4.78 is 39.2. The van der Waals surface area contributed by atoms with Crippen LogP contribution >= 0.6 is 0 Å². The van der Waals surface area contributed by atoms with Gasteiger partial charge in [-0.1, -0.05) is 6.92 Å². The zero-order valence-electron chi connectivity index (χ0n) is 27.1. The van der Waals surface area contributed by atoms with Gasteiger partial charge in [0, 0.05) is 61.0 Å². The minimum absolute atomic E-state index is 0.00389. The Bertz CT molecular complexity index is 1750. The van der Waals surface area contributed by atoms with Gasteiger partial charge in [0.25, 0.3) is 5.56 Å². The quantitative estimate of drug-likeness (QED) is 0.361. The lowest BCUT2D eigenvalue weighted by Gasteiger charge is -2.37. The van der Waals surface area contributed by atoms with E-state index in [1.165, 1.54) is 4.57 Å². The molecule has 0 radical (unpaired) electrons. The molecule has 3 aliphatic rings. The highest BCUT2D eigenvalue weighted by atomic mass is 32.2. The molecular weight excluding hydrogens is 592 g/mol. The van der Waals surface area contributed by atoms with Crippen molar-refractivity contribution in [2.45, 2.75) is 76.4 Å². The van der Waals surface area contributed by atoms with E-state index in [-0.39, 0.29) is 33.8 Å². The van der Waals surface area contributed by atoms with E-state index in [4.69, 9.17) is 9.47 Å². The minimum Gasteiger partial charge on any atom is -0.490 e. The molecule has 1 amide bonds. The maximum atomic E-state index is 12.8. The zero-order chi connectivity index (χ0) is 32.1. The number of nitrogens with zero attached hydrogens (tertiary/aromatic N) is 3. The maximum absolute atomic E-state index is 12.8. The maximum Gasteiger partial charge on any atom is 0.410 e. The predicted octanol–water partition coefficient (Wildman–Crippen LogP) is 5.21. The van der Waals surface area contributed by atoms with Gasteiger partial charge in [-0.3, -0.25) is 4.79 Å². The van der Waals surface area contributed by atoms with Crippen molar-refractivity contribution in [1.29, 1.82) is 0 Å². The number of ether oxygens (including phenoxy) is 2. The van der Waals surface area contributed by atoms with E-state index >= 15 is 0 Å². The van der Waals surface area contributed by atoms with Crippen LogP contribution in [0.5, 0.6) is 5.75 Å². The summed E-state index contributed by atoms with van der Waals surface area (Å²) in [4.78, 5) is 33.0. The van der Waals surface area contributed by atoms with E-state index < -0.39 is 15.4 Å². The number of aryl methyl sites for hydroxylation is 1. The molecule has 11 heteroatoms. The molecular formula is C34H46N4O6S. The number of hydrogen-bond acceptors (Lipinski definition) is 7. The number of sulfone groups is 1. The number of fused-ring (bicyclic) bond motifs is 1. The molecule has 1 saturated carbocycles. The normalized spacial score (nSPS) is 24.0. The van der Waals surface area contributed by atoms with Crippen LogP contribution in [-0.4, -0.2) is 84.0 Å². The molecule has 244 valence electrons. The molecule has 3 fully saturated rings. The van der Waals surface area contributed by atoms with Crippen LogP contribution in [0.2, 0.25) is 0 Å². The van der Waals surface area contributed by atoms with Crippen LogP contribution in [-0.2, 0) is 21.6 Å². The number of benzene rings is 1. The number of rotatable bonds is 8. The first-order valence-electron chi connectivity index (χ1n) is 16.2. The van der Waals surface area contributed by atoms with Crippen molar-refractivity contribution in [3.63, 3.8) is 0 Å². The van der Waals surface area contributed by atoms with Crippen LogP contribution < -0.4 is 10.3 Å². The summed E-state index contributed by atoms with van der Waals surface area (Å²) >= 11 is 0. The van der Waals surface area contributed by atoms with Gasteiger partial charge in [0.05, 0.1) is 16.8 Å². The van der Waals surface area contributed by atoms with Gasteiger partial charge in [0.15, 0.2) is 9.84 Å². The molecule has 4 heterocycles. The van der Waals surface area contributed by atoms with Gasteiger partial charge in [-0.2, -0.15) is 0 Å². The van der Waals surface area contributed by atoms with Crippen molar-refractivity contribution < 1.29 is 22.7 Å². The van der Waals surface area contributed by atoms with Gasteiger partial charge in [0.1, 0.15) is 16.9 Å². The second-order valence-corrected chi connectivity index (χ2v) is 16.6.